The van der Waals surface area contributed by atoms with Gasteiger partial charge in [0.25, 0.3) is 0 Å². The summed E-state index contributed by atoms with van der Waals surface area (Å²) >= 11 is 0. The summed E-state index contributed by atoms with van der Waals surface area (Å²) in [6.45, 7) is 3.36. The van der Waals surface area contributed by atoms with E-state index in [1.807, 2.05) is 6.07 Å². The average molecular weight is 372 g/mol. The lowest BCUT2D eigenvalue weighted by atomic mass is 10.0. The molecule has 142 valence electrons. The van der Waals surface area contributed by atoms with Gasteiger partial charge in [-0.25, -0.2) is 9.78 Å². The van der Waals surface area contributed by atoms with Gasteiger partial charge in [-0.15, -0.1) is 0 Å². The van der Waals surface area contributed by atoms with Crippen molar-refractivity contribution in [2.24, 2.45) is 5.92 Å². The molecule has 0 aliphatic carbocycles. The molecule has 0 bridgehead atoms. The summed E-state index contributed by atoms with van der Waals surface area (Å²) in [6.07, 6.45) is 1.93. The molecule has 2 unspecified atom stereocenters. The molecule has 3 N–H and O–H groups in total. The van der Waals surface area contributed by atoms with E-state index in [0.717, 1.165) is 0 Å². The first-order chi connectivity index (χ1) is 12.8. The van der Waals surface area contributed by atoms with E-state index in [9.17, 15) is 14.9 Å². The molecule has 1 aromatic carbocycles. The Morgan fingerprint density at radius 3 is 2.70 bits per heavy atom. The van der Waals surface area contributed by atoms with Gasteiger partial charge in [0.15, 0.2) is 12.2 Å². The number of nitrogens with zero attached hydrogens (tertiary/aromatic N) is 2. The lowest BCUT2D eigenvalue weighted by Crippen LogP contribution is -2.34. The number of carboxylic acid groups (broad SMARTS) is 1. The predicted octanol–water partition coefficient (Wildman–Crippen LogP) is 2.84. The van der Waals surface area contributed by atoms with Gasteiger partial charge in [-0.2, -0.15) is 5.26 Å². The molecule has 1 heterocycles. The van der Waals surface area contributed by atoms with Crippen LogP contribution >= 0.6 is 0 Å². The Morgan fingerprint density at radius 1 is 1.41 bits per heavy atom. The Hall–Kier alpha value is -3.54. The fourth-order valence-electron chi connectivity index (χ4n) is 2.65. The molecule has 0 aliphatic heterocycles. The second-order valence-electron chi connectivity index (χ2n) is 6.05. The lowest BCUT2D eigenvalue weighted by molar-refractivity contribution is -0.119. The number of carbonyl (C=O) groups is 2. The molecular formula is C18H20N4O5. The number of benzene rings is 1. The zero-order valence-corrected chi connectivity index (χ0v) is 15.1. The number of anilines is 1. The van der Waals surface area contributed by atoms with Gasteiger partial charge in [-0.05, 0) is 19.4 Å². The minimum Gasteiger partial charge on any atom is -0.496 e. The monoisotopic (exact) mass is 372 g/mol. The normalized spacial score (nSPS) is 12.5. The minimum atomic E-state index is -1.14. The van der Waals surface area contributed by atoms with E-state index in [1.165, 1.54) is 19.7 Å². The highest BCUT2D eigenvalue weighted by atomic mass is 16.5. The molecular weight excluding hydrogens is 352 g/mol. The number of methoxy groups -OCH3 is 1. The van der Waals surface area contributed by atoms with Gasteiger partial charge in [-0.1, -0.05) is 6.92 Å². The molecule has 0 aliphatic rings. The quantitative estimate of drug-likeness (QED) is 0.679. The maximum Gasteiger partial charge on any atom is 0.404 e. The fourth-order valence-corrected chi connectivity index (χ4v) is 2.65. The Bertz CT molecular complexity index is 857. The molecule has 9 heteroatoms. The van der Waals surface area contributed by atoms with Gasteiger partial charge in [0, 0.05) is 18.0 Å². The first-order valence-electron chi connectivity index (χ1n) is 8.17. The van der Waals surface area contributed by atoms with Gasteiger partial charge >= 0.3 is 6.09 Å². The van der Waals surface area contributed by atoms with Crippen molar-refractivity contribution in [2.75, 3.05) is 12.4 Å². The second kappa shape index (κ2) is 8.71. The van der Waals surface area contributed by atoms with Crippen LogP contribution in [0.4, 0.5) is 10.5 Å². The molecule has 0 fully saturated rings. The summed E-state index contributed by atoms with van der Waals surface area (Å²) < 4.78 is 10.6. The molecule has 2 rings (SSSR count). The number of nitrogens with one attached hydrogen (secondary N) is 2. The summed E-state index contributed by atoms with van der Waals surface area (Å²) in [7, 11) is 1.47. The number of ether oxygens (including phenoxy) is 1. The Balaban J connectivity index is 2.21. The molecule has 27 heavy (non-hydrogen) atoms. The number of rotatable bonds is 7. The van der Waals surface area contributed by atoms with Crippen LogP contribution in [-0.4, -0.2) is 35.2 Å². The van der Waals surface area contributed by atoms with Crippen molar-refractivity contribution in [3.63, 3.8) is 0 Å². The van der Waals surface area contributed by atoms with E-state index >= 15 is 0 Å². The third-order valence-electron chi connectivity index (χ3n) is 3.94. The molecule has 0 spiro atoms. The van der Waals surface area contributed by atoms with E-state index in [0.29, 0.717) is 29.2 Å². The Morgan fingerprint density at radius 2 is 2.15 bits per heavy atom. The SMILES string of the molecule is COc1cc(NC(=O)C(C)CC(C)NC(=O)O)c(C#N)cc1-c1cnco1. The lowest BCUT2D eigenvalue weighted by Gasteiger charge is -2.18. The van der Waals surface area contributed by atoms with Gasteiger partial charge < -0.3 is 24.9 Å². The van der Waals surface area contributed by atoms with E-state index in [1.54, 1.807) is 26.0 Å². The summed E-state index contributed by atoms with van der Waals surface area (Å²) in [4.78, 5) is 27.0. The molecule has 2 amide bonds. The maximum absolute atomic E-state index is 12.5. The van der Waals surface area contributed by atoms with Gasteiger partial charge in [0.1, 0.15) is 11.8 Å². The van der Waals surface area contributed by atoms with E-state index in [4.69, 9.17) is 14.3 Å². The van der Waals surface area contributed by atoms with Crippen molar-refractivity contribution in [1.82, 2.24) is 10.3 Å². The predicted molar refractivity (Wildman–Crippen MR) is 96.2 cm³/mol. The van der Waals surface area contributed by atoms with Crippen molar-refractivity contribution in [1.29, 1.82) is 5.26 Å². The summed E-state index contributed by atoms with van der Waals surface area (Å²) in [5, 5.41) is 23.2. The number of amides is 2. The van der Waals surface area contributed by atoms with Gasteiger partial charge in [-0.3, -0.25) is 4.79 Å². The molecule has 1 aromatic heterocycles. The van der Waals surface area contributed by atoms with Crippen LogP contribution in [0.3, 0.4) is 0 Å². The topological polar surface area (TPSA) is 137 Å². The molecule has 0 saturated heterocycles. The minimum absolute atomic E-state index is 0.236. The van der Waals surface area contributed by atoms with Crippen LogP contribution in [0.2, 0.25) is 0 Å². The standard InChI is InChI=1S/C18H20N4O5/c1-10(4-11(2)21-18(24)25)17(23)22-14-6-15(26-3)13(5-12(14)7-19)16-8-20-9-27-16/h5-6,8-11,21H,4H2,1-3H3,(H,22,23)(H,24,25). The van der Waals surface area contributed by atoms with E-state index < -0.39 is 12.0 Å². The second-order valence-corrected chi connectivity index (χ2v) is 6.05. The van der Waals surface area contributed by atoms with Crippen LogP contribution in [0.15, 0.2) is 29.1 Å². The molecule has 0 saturated carbocycles. The molecule has 9 nitrogen and oxygen atoms in total. The van der Waals surface area contributed by atoms with E-state index in [2.05, 4.69) is 15.6 Å². The van der Waals surface area contributed by atoms with Crippen molar-refractivity contribution < 1.29 is 23.8 Å². The highest BCUT2D eigenvalue weighted by Gasteiger charge is 2.20. The first-order valence-corrected chi connectivity index (χ1v) is 8.17. The summed E-state index contributed by atoms with van der Waals surface area (Å²) in [5.74, 6) is 0.0381. The average Bonchev–Trinajstić information content (AvgIpc) is 3.14. The van der Waals surface area contributed by atoms with Gasteiger partial charge in [0.2, 0.25) is 5.91 Å². The molecule has 2 aromatic rings. The van der Waals surface area contributed by atoms with Crippen molar-refractivity contribution in [2.45, 2.75) is 26.3 Å². The highest BCUT2D eigenvalue weighted by molar-refractivity contribution is 5.94. The number of hydrogen-bond acceptors (Lipinski definition) is 6. The van der Waals surface area contributed by atoms with Crippen LogP contribution in [-0.2, 0) is 4.79 Å². The van der Waals surface area contributed by atoms with Crippen LogP contribution in [0.25, 0.3) is 11.3 Å². The zero-order valence-electron chi connectivity index (χ0n) is 15.1. The summed E-state index contributed by atoms with van der Waals surface area (Å²) in [6, 6.07) is 4.74. The van der Waals surface area contributed by atoms with Crippen LogP contribution in [0, 0.1) is 17.2 Å². The number of hydrogen-bond donors (Lipinski definition) is 3. The largest absolute Gasteiger partial charge is 0.496 e. The number of nitriles is 1. The fraction of sp³-hybridized carbons (Fsp3) is 0.333. The third-order valence-corrected chi connectivity index (χ3v) is 3.94. The van der Waals surface area contributed by atoms with Crippen molar-refractivity contribution in [3.05, 3.63) is 30.3 Å². The van der Waals surface area contributed by atoms with Gasteiger partial charge in [0.05, 0.1) is 30.1 Å². The Labute approximate surface area is 156 Å². The van der Waals surface area contributed by atoms with Crippen molar-refractivity contribution >= 4 is 17.7 Å². The summed E-state index contributed by atoms with van der Waals surface area (Å²) in [5.41, 5.74) is 1.07. The number of carbonyl (C=O) groups excluding carboxylic acids is 1. The Kier molecular flexibility index (Phi) is 6.38. The van der Waals surface area contributed by atoms with Crippen LogP contribution < -0.4 is 15.4 Å². The van der Waals surface area contributed by atoms with Crippen LogP contribution in [0.1, 0.15) is 25.8 Å². The molecule has 0 radical (unpaired) electrons. The zero-order chi connectivity index (χ0) is 20.0. The number of aromatic nitrogens is 1. The maximum atomic E-state index is 12.5. The van der Waals surface area contributed by atoms with Crippen LogP contribution in [0.5, 0.6) is 5.75 Å². The first kappa shape index (κ1) is 19.8. The van der Waals surface area contributed by atoms with Crippen molar-refractivity contribution in [3.8, 4) is 23.1 Å². The third kappa shape index (κ3) is 4.98. The smallest absolute Gasteiger partial charge is 0.404 e. The number of oxazole rings is 1. The molecule has 2 atom stereocenters. The highest BCUT2D eigenvalue weighted by Crippen LogP contribution is 2.35. The van der Waals surface area contributed by atoms with E-state index in [-0.39, 0.29) is 17.5 Å².